The molecule has 11 rings (SSSR count). The molecule has 0 saturated heterocycles. The first-order valence-electron chi connectivity index (χ1n) is 26.0. The fourth-order valence-corrected chi connectivity index (χ4v) is 12.2. The van der Waals surface area contributed by atoms with Crippen LogP contribution in [-0.4, -0.2) is 0 Å². The maximum Gasteiger partial charge on any atom is 0.0468 e. The Kier molecular flexibility index (Phi) is 11.0. The van der Waals surface area contributed by atoms with Gasteiger partial charge in [-0.15, -0.1) is 11.3 Å². The van der Waals surface area contributed by atoms with Gasteiger partial charge in [0.05, 0.1) is 0 Å². The minimum absolute atomic E-state index is 0.0799. The normalized spacial score (nSPS) is 13.8. The number of hydrogen-bond donors (Lipinski definition) is 0. The summed E-state index contributed by atoms with van der Waals surface area (Å²) < 4.78 is 2.67. The van der Waals surface area contributed by atoms with Crippen LogP contribution in [0.2, 0.25) is 0 Å². The van der Waals surface area contributed by atoms with Crippen molar-refractivity contribution >= 4 is 87.2 Å². The molecule has 9 aromatic carbocycles. The van der Waals surface area contributed by atoms with Gasteiger partial charge in [0.25, 0.3) is 0 Å². The lowest BCUT2D eigenvalue weighted by molar-refractivity contribution is 0.590. The second-order valence-electron chi connectivity index (χ2n) is 25.3. The third-order valence-corrected chi connectivity index (χ3v) is 16.7. The summed E-state index contributed by atoms with van der Waals surface area (Å²) in [5.41, 5.74) is 17.9. The van der Waals surface area contributed by atoms with E-state index in [2.05, 4.69) is 277 Å². The Labute approximate surface area is 433 Å². The molecule has 0 fully saturated rings. The molecule has 362 valence electrons. The van der Waals surface area contributed by atoms with Crippen molar-refractivity contribution in [1.82, 2.24) is 0 Å². The Balaban J connectivity index is 0.978. The summed E-state index contributed by atoms with van der Waals surface area (Å²) in [4.78, 5) is 4.83. The molecule has 72 heavy (non-hydrogen) atoms. The summed E-state index contributed by atoms with van der Waals surface area (Å²) in [6.07, 6.45) is 0. The molecule has 10 aromatic rings. The van der Waals surface area contributed by atoms with E-state index in [1.54, 1.807) is 0 Å². The lowest BCUT2D eigenvalue weighted by Gasteiger charge is -2.28. The molecule has 1 aliphatic rings. The lowest BCUT2D eigenvalue weighted by Crippen LogP contribution is -2.15. The topological polar surface area (TPSA) is 6.48 Å². The highest BCUT2D eigenvalue weighted by Crippen LogP contribution is 2.53. The van der Waals surface area contributed by atoms with Crippen molar-refractivity contribution in [3.8, 4) is 11.1 Å². The van der Waals surface area contributed by atoms with Crippen LogP contribution >= 0.6 is 11.3 Å². The standard InChI is InChI=1S/C69H70N2S/c1-65(2,3)47-17-27-51(28-18-47)70(52-29-19-48(20-30-52)66(4,5)6)55-25-15-43-37-57-58-41-60-59-38-44-16-26-56(36-46(44)40-63(59)72-64(60)42-62(58)69(13,14)61(57)39-45(43)35-55)71(53-31-21-49(22-32-53)67(7,8)9)54-33-23-50(24-34-54)68(10,11)12/h15-42H,1-14H3. The van der Waals surface area contributed by atoms with Crippen molar-refractivity contribution in [2.45, 2.75) is 124 Å². The zero-order valence-electron chi connectivity index (χ0n) is 45.0. The molecule has 0 spiro atoms. The molecule has 0 saturated carbocycles. The molecule has 2 nitrogen and oxygen atoms in total. The maximum atomic E-state index is 2.51. The van der Waals surface area contributed by atoms with Gasteiger partial charge in [-0.05, 0) is 197 Å². The second kappa shape index (κ2) is 16.7. The maximum absolute atomic E-state index is 2.51. The van der Waals surface area contributed by atoms with E-state index in [1.165, 1.54) is 86.2 Å². The van der Waals surface area contributed by atoms with E-state index < -0.39 is 0 Å². The smallest absolute Gasteiger partial charge is 0.0468 e. The minimum atomic E-state index is -0.163. The van der Waals surface area contributed by atoms with Crippen LogP contribution in [0.3, 0.4) is 0 Å². The van der Waals surface area contributed by atoms with Crippen LogP contribution in [0.1, 0.15) is 130 Å². The van der Waals surface area contributed by atoms with E-state index in [0.29, 0.717) is 0 Å². The summed E-state index contributed by atoms with van der Waals surface area (Å²) in [6, 6.07) is 65.5. The molecule has 1 aromatic heterocycles. The van der Waals surface area contributed by atoms with Gasteiger partial charge in [-0.1, -0.05) is 158 Å². The molecule has 3 heteroatoms. The number of hydrogen-bond acceptors (Lipinski definition) is 3. The SMILES string of the molecule is CC(C)(C)c1ccc(N(c2ccc(C(C)(C)C)cc2)c2ccc3cc4c(cc3c2)C(C)(C)c2cc3sc5cc6cc(N(c7ccc(C(C)(C)C)cc7)c7ccc(C(C)(C)C)cc7)ccc6cc5c3cc2-4)cc1. The first kappa shape index (κ1) is 47.6. The van der Waals surface area contributed by atoms with E-state index in [4.69, 9.17) is 0 Å². The van der Waals surface area contributed by atoms with E-state index in [9.17, 15) is 0 Å². The average Bonchev–Trinajstić information content (AvgIpc) is 3.78. The number of fused-ring (bicyclic) bond motifs is 8. The largest absolute Gasteiger partial charge is 0.310 e. The highest BCUT2D eigenvalue weighted by Gasteiger charge is 2.37. The molecule has 0 radical (unpaired) electrons. The number of anilines is 6. The predicted octanol–water partition coefficient (Wildman–Crippen LogP) is 20.8. The number of rotatable bonds is 6. The lowest BCUT2D eigenvalue weighted by atomic mass is 9.81. The highest BCUT2D eigenvalue weighted by atomic mass is 32.1. The van der Waals surface area contributed by atoms with Crippen molar-refractivity contribution in [2.24, 2.45) is 0 Å². The van der Waals surface area contributed by atoms with Gasteiger partial charge in [-0.2, -0.15) is 0 Å². The van der Waals surface area contributed by atoms with Crippen LogP contribution in [0.5, 0.6) is 0 Å². The van der Waals surface area contributed by atoms with Gasteiger partial charge in [0.15, 0.2) is 0 Å². The third-order valence-electron chi connectivity index (χ3n) is 15.6. The molecule has 1 heterocycles. The summed E-state index contributed by atoms with van der Waals surface area (Å²) in [6.45, 7) is 32.2. The zero-order chi connectivity index (χ0) is 50.9. The van der Waals surface area contributed by atoms with Crippen LogP contribution < -0.4 is 9.80 Å². The Morgan fingerprint density at radius 1 is 0.306 bits per heavy atom. The average molecular weight is 959 g/mol. The van der Waals surface area contributed by atoms with E-state index in [0.717, 1.165) is 34.1 Å². The van der Waals surface area contributed by atoms with Crippen LogP contribution in [0.4, 0.5) is 34.1 Å². The Morgan fingerprint density at radius 3 is 1.03 bits per heavy atom. The summed E-state index contributed by atoms with van der Waals surface area (Å²) >= 11 is 1.93. The zero-order valence-corrected chi connectivity index (χ0v) is 45.8. The van der Waals surface area contributed by atoms with E-state index in [1.807, 2.05) is 11.3 Å². The van der Waals surface area contributed by atoms with Gasteiger partial charge in [-0.3, -0.25) is 0 Å². The molecular weight excluding hydrogens is 889 g/mol. The van der Waals surface area contributed by atoms with Gasteiger partial charge in [-0.25, -0.2) is 0 Å². The summed E-state index contributed by atoms with van der Waals surface area (Å²) in [5.74, 6) is 0. The monoisotopic (exact) mass is 959 g/mol. The molecule has 0 amide bonds. The Bertz CT molecular complexity index is 3590. The van der Waals surface area contributed by atoms with E-state index in [-0.39, 0.29) is 27.1 Å². The van der Waals surface area contributed by atoms with Gasteiger partial charge in [0.2, 0.25) is 0 Å². The van der Waals surface area contributed by atoms with Crippen LogP contribution in [0, 0.1) is 0 Å². The number of benzene rings is 9. The van der Waals surface area contributed by atoms with Crippen LogP contribution in [-0.2, 0) is 27.1 Å². The fraction of sp³-hybridized carbons (Fsp3) is 0.275. The fourth-order valence-electron chi connectivity index (χ4n) is 11.1. The molecule has 0 bridgehead atoms. The quantitative estimate of drug-likeness (QED) is 0.164. The highest BCUT2D eigenvalue weighted by molar-refractivity contribution is 7.25. The van der Waals surface area contributed by atoms with Gasteiger partial charge in [0, 0.05) is 59.7 Å². The van der Waals surface area contributed by atoms with Gasteiger partial charge < -0.3 is 9.80 Å². The van der Waals surface area contributed by atoms with Crippen LogP contribution in [0.15, 0.2) is 170 Å². The van der Waals surface area contributed by atoms with E-state index >= 15 is 0 Å². The summed E-state index contributed by atoms with van der Waals surface area (Å²) in [5, 5.41) is 7.69. The molecule has 0 N–H and O–H groups in total. The molecule has 0 unspecified atom stereocenters. The first-order valence-corrected chi connectivity index (χ1v) is 26.8. The Hall–Kier alpha value is -6.68. The van der Waals surface area contributed by atoms with Gasteiger partial charge >= 0.3 is 0 Å². The Morgan fingerprint density at radius 2 is 0.625 bits per heavy atom. The van der Waals surface area contributed by atoms with Crippen molar-refractivity contribution in [2.75, 3.05) is 9.80 Å². The molecule has 0 aliphatic heterocycles. The number of nitrogens with zero attached hydrogens (tertiary/aromatic N) is 2. The molecule has 1 aliphatic carbocycles. The number of thiophene rings is 1. The van der Waals surface area contributed by atoms with Crippen molar-refractivity contribution < 1.29 is 0 Å². The first-order chi connectivity index (χ1) is 33.9. The minimum Gasteiger partial charge on any atom is -0.310 e. The van der Waals surface area contributed by atoms with Gasteiger partial charge in [0.1, 0.15) is 0 Å². The third kappa shape index (κ3) is 8.38. The molecule has 0 atom stereocenters. The second-order valence-corrected chi connectivity index (χ2v) is 26.4. The van der Waals surface area contributed by atoms with Crippen LogP contribution in [0.25, 0.3) is 52.8 Å². The summed E-state index contributed by atoms with van der Waals surface area (Å²) in [7, 11) is 0. The predicted molar refractivity (Wildman–Crippen MR) is 316 cm³/mol. The van der Waals surface area contributed by atoms with Crippen molar-refractivity contribution in [1.29, 1.82) is 0 Å². The van der Waals surface area contributed by atoms with Crippen molar-refractivity contribution in [3.05, 3.63) is 203 Å². The van der Waals surface area contributed by atoms with Crippen molar-refractivity contribution in [3.63, 3.8) is 0 Å². The molecular formula is C69H70N2S.